The molecule has 4 aromatic carbocycles. The highest BCUT2D eigenvalue weighted by molar-refractivity contribution is 7.86. The normalized spacial score (nSPS) is 12.3. The molecule has 0 aliphatic heterocycles. The third kappa shape index (κ3) is 5.45. The topological polar surface area (TPSA) is 235 Å². The summed E-state index contributed by atoms with van der Waals surface area (Å²) < 4.78 is 93.9. The summed E-state index contributed by atoms with van der Waals surface area (Å²) >= 11 is 0. The molecule has 12 nitrogen and oxygen atoms in total. The Balaban J connectivity index is 0.000000203. The molecule has 15 heteroatoms. The molecule has 0 aliphatic carbocycles. The van der Waals surface area contributed by atoms with E-state index >= 15 is 0 Å². The van der Waals surface area contributed by atoms with Crippen LogP contribution in [0.5, 0.6) is 5.75 Å². The van der Waals surface area contributed by atoms with Gasteiger partial charge in [-0.3, -0.25) is 13.7 Å². The molecule has 0 saturated heterocycles. The van der Waals surface area contributed by atoms with Crippen LogP contribution in [0.1, 0.15) is 0 Å². The van der Waals surface area contributed by atoms with Crippen LogP contribution < -0.4 is 11.5 Å². The minimum Gasteiger partial charge on any atom is -0.507 e. The number of anilines is 2. The zero-order chi connectivity index (χ0) is 26.3. The Labute approximate surface area is 199 Å². The molecule has 0 fully saturated rings. The van der Waals surface area contributed by atoms with Gasteiger partial charge in [0.05, 0.1) is 4.90 Å². The molecule has 0 saturated carbocycles. The van der Waals surface area contributed by atoms with Crippen molar-refractivity contribution in [2.45, 2.75) is 14.7 Å². The van der Waals surface area contributed by atoms with Gasteiger partial charge in [0.2, 0.25) is 0 Å². The Morgan fingerprint density at radius 2 is 1.06 bits per heavy atom. The van der Waals surface area contributed by atoms with E-state index in [4.69, 9.17) is 25.1 Å². The van der Waals surface area contributed by atoms with E-state index in [-0.39, 0.29) is 21.4 Å². The fraction of sp³-hybridized carbons (Fsp3) is 0. The van der Waals surface area contributed by atoms with E-state index < -0.39 is 45.9 Å². The average molecular weight is 543 g/mol. The van der Waals surface area contributed by atoms with Crippen molar-refractivity contribution in [1.82, 2.24) is 0 Å². The molecule has 0 atom stereocenters. The van der Waals surface area contributed by atoms with Gasteiger partial charge in [0.25, 0.3) is 30.4 Å². The van der Waals surface area contributed by atoms with Crippen LogP contribution in [-0.2, 0) is 30.4 Å². The van der Waals surface area contributed by atoms with Crippen molar-refractivity contribution in [3.05, 3.63) is 60.7 Å². The molecule has 0 bridgehead atoms. The predicted octanol–water partition coefficient (Wildman–Crippen LogP) is 2.29. The summed E-state index contributed by atoms with van der Waals surface area (Å²) in [6.45, 7) is 0. The van der Waals surface area contributed by atoms with Crippen LogP contribution in [0.2, 0.25) is 0 Å². The number of aromatic hydroxyl groups is 1. The van der Waals surface area contributed by atoms with Gasteiger partial charge in [-0.15, -0.1) is 0 Å². The second kappa shape index (κ2) is 8.95. The van der Waals surface area contributed by atoms with Crippen LogP contribution in [0.25, 0.3) is 21.5 Å². The maximum Gasteiger partial charge on any atom is 0.295 e. The molecule has 4 aromatic rings. The standard InChI is InChI=1S/C10H9NO7S2.C10H9NO3S/c11-7-1-2-9(20(16,17)18)6-3-5(19(13,14)15)4-8(12)10(6)7;11-9-5-6-10(15(12,13)14)8-4-2-1-3-7(8)9/h1-4,12H,11H2,(H,13,14,15)(H,16,17,18);1-6H,11H2,(H,12,13,14). The molecule has 0 spiro atoms. The van der Waals surface area contributed by atoms with E-state index in [1.165, 1.54) is 12.1 Å². The van der Waals surface area contributed by atoms with Crippen LogP contribution >= 0.6 is 0 Å². The van der Waals surface area contributed by atoms with Crippen LogP contribution in [0.4, 0.5) is 11.4 Å². The van der Waals surface area contributed by atoms with Gasteiger partial charge in [-0.25, -0.2) is 0 Å². The summed E-state index contributed by atoms with van der Waals surface area (Å²) in [6, 6.07) is 13.1. The fourth-order valence-electron chi connectivity index (χ4n) is 3.33. The molecule has 8 N–H and O–H groups in total. The summed E-state index contributed by atoms with van der Waals surface area (Å²) in [5.41, 5.74) is 11.7. The molecule has 35 heavy (non-hydrogen) atoms. The van der Waals surface area contributed by atoms with E-state index in [1.807, 2.05) is 0 Å². The number of hydrogen-bond acceptors (Lipinski definition) is 9. The highest BCUT2D eigenvalue weighted by atomic mass is 32.2. The largest absolute Gasteiger partial charge is 0.507 e. The lowest BCUT2D eigenvalue weighted by molar-refractivity contribution is 0.470. The molecule has 0 amide bonds. The third-order valence-electron chi connectivity index (χ3n) is 4.83. The number of rotatable bonds is 3. The van der Waals surface area contributed by atoms with Crippen molar-refractivity contribution in [1.29, 1.82) is 0 Å². The van der Waals surface area contributed by atoms with Crippen molar-refractivity contribution < 1.29 is 44.0 Å². The van der Waals surface area contributed by atoms with Crippen molar-refractivity contribution >= 4 is 63.3 Å². The number of phenols is 1. The number of fused-ring (bicyclic) bond motifs is 2. The van der Waals surface area contributed by atoms with Gasteiger partial charge in [-0.1, -0.05) is 24.3 Å². The van der Waals surface area contributed by atoms with Crippen molar-refractivity contribution in [3.63, 3.8) is 0 Å². The first kappa shape index (κ1) is 26.1. The first-order valence-electron chi connectivity index (χ1n) is 9.26. The highest BCUT2D eigenvalue weighted by Crippen LogP contribution is 2.36. The monoisotopic (exact) mass is 542 g/mol. The molecule has 0 aromatic heterocycles. The Bertz CT molecular complexity index is 1800. The quantitative estimate of drug-likeness (QED) is 0.161. The van der Waals surface area contributed by atoms with Gasteiger partial charge in [0.15, 0.2) is 0 Å². The van der Waals surface area contributed by atoms with Gasteiger partial charge in [0.1, 0.15) is 15.5 Å². The second-order valence-corrected chi connectivity index (χ2v) is 11.3. The second-order valence-electron chi connectivity index (χ2n) is 7.14. The molecule has 4 rings (SSSR count). The minimum atomic E-state index is -4.67. The van der Waals surface area contributed by atoms with Gasteiger partial charge in [-0.05, 0) is 30.3 Å². The van der Waals surface area contributed by atoms with Gasteiger partial charge >= 0.3 is 0 Å². The van der Waals surface area contributed by atoms with Crippen molar-refractivity contribution in [2.75, 3.05) is 11.5 Å². The number of nitrogens with two attached hydrogens (primary N) is 2. The number of nitrogen functional groups attached to an aromatic ring is 2. The molecule has 0 heterocycles. The van der Waals surface area contributed by atoms with Gasteiger partial charge < -0.3 is 16.6 Å². The summed E-state index contributed by atoms with van der Waals surface area (Å²) in [5, 5.41) is 10.3. The van der Waals surface area contributed by atoms with E-state index in [0.29, 0.717) is 16.5 Å². The van der Waals surface area contributed by atoms with E-state index in [0.717, 1.165) is 24.3 Å². The molecule has 186 valence electrons. The van der Waals surface area contributed by atoms with Crippen molar-refractivity contribution in [3.8, 4) is 5.75 Å². The van der Waals surface area contributed by atoms with Gasteiger partial charge in [0, 0.05) is 39.0 Å². The summed E-state index contributed by atoms with van der Waals surface area (Å²) in [5.74, 6) is -0.641. The molecule has 0 radical (unpaired) electrons. The lowest BCUT2D eigenvalue weighted by atomic mass is 10.1. The van der Waals surface area contributed by atoms with Crippen LogP contribution in [0.3, 0.4) is 0 Å². The Morgan fingerprint density at radius 1 is 0.571 bits per heavy atom. The first-order valence-corrected chi connectivity index (χ1v) is 13.6. The summed E-state index contributed by atoms with van der Waals surface area (Å²) in [4.78, 5) is -1.48. The third-order valence-corrected chi connectivity index (χ3v) is 7.49. The molecule has 0 aliphatic rings. The zero-order valence-electron chi connectivity index (χ0n) is 17.4. The van der Waals surface area contributed by atoms with Crippen LogP contribution in [-0.4, -0.2) is 44.0 Å². The van der Waals surface area contributed by atoms with E-state index in [1.54, 1.807) is 24.3 Å². The smallest absolute Gasteiger partial charge is 0.295 e. The maximum absolute atomic E-state index is 11.3. The molecular weight excluding hydrogens is 524 g/mol. The van der Waals surface area contributed by atoms with E-state index in [2.05, 4.69) is 0 Å². The molecular formula is C20H18N2O10S3. The summed E-state index contributed by atoms with van der Waals surface area (Å²) in [6.07, 6.45) is 0. The Hall–Kier alpha value is -3.47. The lowest BCUT2D eigenvalue weighted by Crippen LogP contribution is -2.03. The zero-order valence-corrected chi connectivity index (χ0v) is 19.8. The lowest BCUT2D eigenvalue weighted by Gasteiger charge is -2.10. The summed E-state index contributed by atoms with van der Waals surface area (Å²) in [7, 11) is -13.5. The average Bonchev–Trinajstić information content (AvgIpc) is 2.72. The highest BCUT2D eigenvalue weighted by Gasteiger charge is 2.21. The first-order chi connectivity index (χ1) is 16.0. The van der Waals surface area contributed by atoms with Gasteiger partial charge in [-0.2, -0.15) is 25.3 Å². The van der Waals surface area contributed by atoms with Crippen LogP contribution in [0.15, 0.2) is 75.4 Å². The number of benzene rings is 4. The number of hydrogen-bond donors (Lipinski definition) is 6. The molecule has 0 unspecified atom stereocenters. The Morgan fingerprint density at radius 3 is 1.57 bits per heavy atom. The Kier molecular flexibility index (Phi) is 6.69. The van der Waals surface area contributed by atoms with E-state index in [9.17, 15) is 30.4 Å². The number of phenolic OH excluding ortho intramolecular Hbond substituents is 1. The predicted molar refractivity (Wildman–Crippen MR) is 128 cm³/mol. The fourth-order valence-corrected chi connectivity index (χ4v) is 5.23. The maximum atomic E-state index is 11.3. The van der Waals surface area contributed by atoms with Crippen LogP contribution in [0, 0.1) is 0 Å². The van der Waals surface area contributed by atoms with Crippen molar-refractivity contribution in [2.24, 2.45) is 0 Å². The SMILES string of the molecule is Nc1ccc(S(=O)(=O)O)c2cc(S(=O)(=O)O)cc(O)c12.Nc1ccc(S(=O)(=O)O)c2ccccc12. The minimum absolute atomic E-state index is 0.0215.